The standard InChI is InChI=1S/C14H26N4O/c1-3-7-17-9-5-14(19,6-10-17)11-13-15-12-16-18(13)8-4-2/h12,19H,3-11H2,1-2H3. The van der Waals surface area contributed by atoms with E-state index in [1.807, 2.05) is 4.68 Å². The Morgan fingerprint density at radius 3 is 2.53 bits per heavy atom. The van der Waals surface area contributed by atoms with Crippen molar-refractivity contribution in [2.75, 3.05) is 19.6 Å². The maximum atomic E-state index is 10.7. The molecule has 5 heteroatoms. The molecule has 1 aliphatic rings. The van der Waals surface area contributed by atoms with Gasteiger partial charge in [-0.15, -0.1) is 0 Å². The maximum absolute atomic E-state index is 10.7. The van der Waals surface area contributed by atoms with Crippen molar-refractivity contribution in [2.45, 2.75) is 58.1 Å². The number of piperidine rings is 1. The van der Waals surface area contributed by atoms with Crippen LogP contribution in [0.25, 0.3) is 0 Å². The summed E-state index contributed by atoms with van der Waals surface area (Å²) in [5, 5.41) is 14.9. The fourth-order valence-corrected chi connectivity index (χ4v) is 2.80. The molecule has 0 aromatic carbocycles. The number of hydrogen-bond acceptors (Lipinski definition) is 4. The lowest BCUT2D eigenvalue weighted by Gasteiger charge is -2.37. The maximum Gasteiger partial charge on any atom is 0.138 e. The summed E-state index contributed by atoms with van der Waals surface area (Å²) >= 11 is 0. The first-order chi connectivity index (χ1) is 9.17. The van der Waals surface area contributed by atoms with Gasteiger partial charge < -0.3 is 10.0 Å². The predicted molar refractivity (Wildman–Crippen MR) is 74.9 cm³/mol. The van der Waals surface area contributed by atoms with Crippen molar-refractivity contribution in [2.24, 2.45) is 0 Å². The van der Waals surface area contributed by atoms with Crippen LogP contribution in [0.1, 0.15) is 45.4 Å². The average molecular weight is 266 g/mol. The number of aliphatic hydroxyl groups is 1. The summed E-state index contributed by atoms with van der Waals surface area (Å²) in [6, 6.07) is 0. The van der Waals surface area contributed by atoms with Crippen LogP contribution in [0.5, 0.6) is 0 Å². The van der Waals surface area contributed by atoms with E-state index in [-0.39, 0.29) is 0 Å². The number of likely N-dealkylation sites (tertiary alicyclic amines) is 1. The van der Waals surface area contributed by atoms with E-state index in [1.54, 1.807) is 6.33 Å². The summed E-state index contributed by atoms with van der Waals surface area (Å²) in [6.07, 6.45) is 6.13. The largest absolute Gasteiger partial charge is 0.389 e. The molecule has 0 unspecified atom stereocenters. The molecule has 0 saturated carbocycles. The minimum atomic E-state index is -0.594. The summed E-state index contributed by atoms with van der Waals surface area (Å²) in [5.74, 6) is 0.924. The Morgan fingerprint density at radius 2 is 1.89 bits per heavy atom. The van der Waals surface area contributed by atoms with E-state index in [1.165, 1.54) is 6.42 Å². The lowest BCUT2D eigenvalue weighted by atomic mass is 9.88. The molecule has 1 aromatic heterocycles. The van der Waals surface area contributed by atoms with E-state index < -0.39 is 5.60 Å². The zero-order valence-corrected chi connectivity index (χ0v) is 12.2. The van der Waals surface area contributed by atoms with Crippen LogP contribution in [0.15, 0.2) is 6.33 Å². The van der Waals surface area contributed by atoms with Crippen LogP contribution < -0.4 is 0 Å². The highest BCUT2D eigenvalue weighted by atomic mass is 16.3. The van der Waals surface area contributed by atoms with Gasteiger partial charge in [0, 0.05) is 26.1 Å². The minimum Gasteiger partial charge on any atom is -0.389 e. The lowest BCUT2D eigenvalue weighted by Crippen LogP contribution is -2.46. The Bertz CT molecular complexity index is 383. The predicted octanol–water partition coefficient (Wildman–Crippen LogP) is 1.47. The molecule has 2 rings (SSSR count). The topological polar surface area (TPSA) is 54.2 Å². The smallest absolute Gasteiger partial charge is 0.138 e. The van der Waals surface area contributed by atoms with Crippen LogP contribution in [0.4, 0.5) is 0 Å². The second-order valence-corrected chi connectivity index (χ2v) is 5.64. The van der Waals surface area contributed by atoms with Crippen LogP contribution in [0.2, 0.25) is 0 Å². The molecular weight excluding hydrogens is 240 g/mol. The van der Waals surface area contributed by atoms with Gasteiger partial charge in [0.1, 0.15) is 12.2 Å². The van der Waals surface area contributed by atoms with Crippen molar-refractivity contribution in [1.82, 2.24) is 19.7 Å². The van der Waals surface area contributed by atoms with E-state index in [0.29, 0.717) is 6.42 Å². The highest BCUT2D eigenvalue weighted by molar-refractivity contribution is 4.97. The van der Waals surface area contributed by atoms with E-state index in [0.717, 1.165) is 51.3 Å². The molecule has 0 radical (unpaired) electrons. The molecule has 0 atom stereocenters. The van der Waals surface area contributed by atoms with Gasteiger partial charge in [0.25, 0.3) is 0 Å². The van der Waals surface area contributed by atoms with E-state index in [9.17, 15) is 5.11 Å². The molecule has 2 heterocycles. The van der Waals surface area contributed by atoms with Gasteiger partial charge in [-0.05, 0) is 32.2 Å². The SMILES string of the molecule is CCCN1CCC(O)(Cc2ncnn2CCC)CC1. The highest BCUT2D eigenvalue weighted by Crippen LogP contribution is 2.25. The number of nitrogens with zero attached hydrogens (tertiary/aromatic N) is 4. The zero-order chi connectivity index (χ0) is 13.7. The van der Waals surface area contributed by atoms with Crippen molar-refractivity contribution in [1.29, 1.82) is 0 Å². The first-order valence-corrected chi connectivity index (χ1v) is 7.48. The Kier molecular flexibility index (Phi) is 4.93. The summed E-state index contributed by atoms with van der Waals surface area (Å²) in [7, 11) is 0. The summed E-state index contributed by atoms with van der Waals surface area (Å²) in [6.45, 7) is 8.34. The first-order valence-electron chi connectivity index (χ1n) is 7.48. The van der Waals surface area contributed by atoms with Crippen LogP contribution >= 0.6 is 0 Å². The molecule has 1 fully saturated rings. The fraction of sp³-hybridized carbons (Fsp3) is 0.857. The molecule has 1 saturated heterocycles. The fourth-order valence-electron chi connectivity index (χ4n) is 2.80. The van der Waals surface area contributed by atoms with Gasteiger partial charge in [-0.2, -0.15) is 5.10 Å². The Labute approximate surface area is 115 Å². The number of rotatable bonds is 6. The van der Waals surface area contributed by atoms with E-state index in [2.05, 4.69) is 28.8 Å². The second kappa shape index (κ2) is 6.48. The minimum absolute atomic E-state index is 0.594. The molecule has 0 spiro atoms. The molecule has 0 bridgehead atoms. The Hall–Kier alpha value is -0.940. The third kappa shape index (κ3) is 3.76. The molecule has 1 aliphatic heterocycles. The van der Waals surface area contributed by atoms with Crippen molar-refractivity contribution >= 4 is 0 Å². The van der Waals surface area contributed by atoms with Crippen LogP contribution in [0.3, 0.4) is 0 Å². The van der Waals surface area contributed by atoms with E-state index in [4.69, 9.17) is 0 Å². The zero-order valence-electron chi connectivity index (χ0n) is 12.2. The van der Waals surface area contributed by atoms with Crippen molar-refractivity contribution in [3.05, 3.63) is 12.2 Å². The van der Waals surface area contributed by atoms with Gasteiger partial charge in [-0.3, -0.25) is 4.68 Å². The molecule has 19 heavy (non-hydrogen) atoms. The Balaban J connectivity index is 1.93. The van der Waals surface area contributed by atoms with Crippen molar-refractivity contribution in [3.8, 4) is 0 Å². The third-order valence-electron chi connectivity index (χ3n) is 3.94. The molecule has 0 aliphatic carbocycles. The Morgan fingerprint density at radius 1 is 1.21 bits per heavy atom. The summed E-state index contributed by atoms with van der Waals surface area (Å²) in [4.78, 5) is 6.74. The van der Waals surface area contributed by atoms with Crippen molar-refractivity contribution in [3.63, 3.8) is 0 Å². The van der Waals surface area contributed by atoms with Crippen LogP contribution in [0, 0.1) is 0 Å². The molecule has 5 nitrogen and oxygen atoms in total. The number of aromatic nitrogens is 3. The average Bonchev–Trinajstić information content (AvgIpc) is 2.80. The molecular formula is C14H26N4O. The van der Waals surface area contributed by atoms with Gasteiger partial charge in [0.15, 0.2) is 0 Å². The van der Waals surface area contributed by atoms with Gasteiger partial charge in [0.05, 0.1) is 5.60 Å². The quantitative estimate of drug-likeness (QED) is 0.847. The summed E-state index contributed by atoms with van der Waals surface area (Å²) in [5.41, 5.74) is -0.594. The van der Waals surface area contributed by atoms with Gasteiger partial charge >= 0.3 is 0 Å². The van der Waals surface area contributed by atoms with Gasteiger partial charge in [-0.25, -0.2) is 4.98 Å². The molecule has 0 amide bonds. The molecule has 108 valence electrons. The lowest BCUT2D eigenvalue weighted by molar-refractivity contribution is -0.0226. The highest BCUT2D eigenvalue weighted by Gasteiger charge is 2.33. The van der Waals surface area contributed by atoms with Gasteiger partial charge in [0.2, 0.25) is 0 Å². The van der Waals surface area contributed by atoms with Crippen LogP contribution in [-0.4, -0.2) is 50.0 Å². The summed E-state index contributed by atoms with van der Waals surface area (Å²) < 4.78 is 1.93. The monoisotopic (exact) mass is 266 g/mol. The number of aryl methyl sites for hydroxylation is 1. The second-order valence-electron chi connectivity index (χ2n) is 5.64. The number of hydrogen-bond donors (Lipinski definition) is 1. The molecule has 1 aromatic rings. The van der Waals surface area contributed by atoms with E-state index >= 15 is 0 Å². The first kappa shape index (κ1) is 14.5. The van der Waals surface area contributed by atoms with Gasteiger partial charge in [-0.1, -0.05) is 13.8 Å². The normalized spacial score (nSPS) is 19.7. The third-order valence-corrected chi connectivity index (χ3v) is 3.94. The molecule has 1 N–H and O–H groups in total. The van der Waals surface area contributed by atoms with Crippen LogP contribution in [-0.2, 0) is 13.0 Å². The van der Waals surface area contributed by atoms with Crippen molar-refractivity contribution < 1.29 is 5.11 Å².